The molecule has 1 N–H and O–H groups in total. The number of anilines is 1. The number of benzene rings is 1. The van der Waals surface area contributed by atoms with Crippen LogP contribution in [-0.4, -0.2) is 35.7 Å². The second kappa shape index (κ2) is 7.81. The fourth-order valence-corrected chi connectivity index (χ4v) is 5.37. The number of esters is 2. The van der Waals surface area contributed by atoms with Crippen molar-refractivity contribution in [3.05, 3.63) is 36.5 Å². The van der Waals surface area contributed by atoms with Crippen LogP contribution in [0.25, 0.3) is 10.9 Å². The first-order valence-electron chi connectivity index (χ1n) is 11.1. The van der Waals surface area contributed by atoms with Crippen molar-refractivity contribution < 1.29 is 19.1 Å². The highest BCUT2D eigenvalue weighted by Crippen LogP contribution is 2.59. The highest BCUT2D eigenvalue weighted by molar-refractivity contribution is 5.92. The molecule has 166 valence electrons. The molecule has 1 atom stereocenters. The van der Waals surface area contributed by atoms with Crippen LogP contribution in [0.5, 0.6) is 0 Å². The highest BCUT2D eigenvalue weighted by atomic mass is 16.6. The van der Waals surface area contributed by atoms with Gasteiger partial charge < -0.3 is 14.8 Å². The number of aromatic nitrogens is 1. The number of hydrogen-bond donors (Lipinski definition) is 1. The van der Waals surface area contributed by atoms with E-state index in [1.54, 1.807) is 6.20 Å². The molecule has 2 aromatic rings. The van der Waals surface area contributed by atoms with E-state index in [9.17, 15) is 9.59 Å². The molecule has 0 unspecified atom stereocenters. The van der Waals surface area contributed by atoms with Gasteiger partial charge in [-0.15, -0.1) is 0 Å². The van der Waals surface area contributed by atoms with Crippen LogP contribution in [0.2, 0.25) is 0 Å². The Morgan fingerprint density at radius 2 is 1.68 bits per heavy atom. The van der Waals surface area contributed by atoms with E-state index in [1.807, 2.05) is 51.1 Å². The maximum atomic E-state index is 13.5. The van der Waals surface area contributed by atoms with E-state index >= 15 is 0 Å². The molecule has 1 aromatic carbocycles. The molecule has 0 radical (unpaired) electrons. The lowest BCUT2D eigenvalue weighted by atomic mass is 9.51. The van der Waals surface area contributed by atoms with Crippen LogP contribution < -0.4 is 5.32 Å². The molecular weight excluding hydrogens is 392 g/mol. The lowest BCUT2D eigenvalue weighted by Crippen LogP contribution is -2.56. The zero-order valence-corrected chi connectivity index (χ0v) is 18.9. The van der Waals surface area contributed by atoms with E-state index in [0.29, 0.717) is 0 Å². The van der Waals surface area contributed by atoms with Crippen LogP contribution in [0.15, 0.2) is 36.5 Å². The highest BCUT2D eigenvalue weighted by Gasteiger charge is 2.57. The first-order chi connectivity index (χ1) is 14.7. The molecule has 0 aliphatic heterocycles. The van der Waals surface area contributed by atoms with Crippen LogP contribution in [0, 0.1) is 10.8 Å². The number of pyridine rings is 1. The first-order valence-corrected chi connectivity index (χ1v) is 11.1. The van der Waals surface area contributed by atoms with Gasteiger partial charge in [-0.1, -0.05) is 18.2 Å². The molecule has 0 spiro atoms. The number of ether oxygens (including phenoxy) is 2. The lowest BCUT2D eigenvalue weighted by Gasteiger charge is -2.54. The molecular formula is C25H32N2O4. The maximum Gasteiger partial charge on any atom is 0.329 e. The Balaban J connectivity index is 1.68. The molecule has 3 aliphatic carbocycles. The Morgan fingerprint density at radius 3 is 2.29 bits per heavy atom. The summed E-state index contributed by atoms with van der Waals surface area (Å²) >= 11 is 0. The summed E-state index contributed by atoms with van der Waals surface area (Å²) in [5, 5.41) is 4.55. The van der Waals surface area contributed by atoms with E-state index in [-0.39, 0.29) is 17.4 Å². The van der Waals surface area contributed by atoms with Crippen molar-refractivity contribution in [1.82, 2.24) is 4.98 Å². The van der Waals surface area contributed by atoms with Gasteiger partial charge in [-0.25, -0.2) is 4.79 Å². The topological polar surface area (TPSA) is 77.5 Å². The van der Waals surface area contributed by atoms with Crippen LogP contribution in [0.3, 0.4) is 0 Å². The Morgan fingerprint density at radius 1 is 1.03 bits per heavy atom. The summed E-state index contributed by atoms with van der Waals surface area (Å²) in [6.07, 6.45) is 6.36. The van der Waals surface area contributed by atoms with Gasteiger partial charge in [-0.05, 0) is 71.4 Å². The molecule has 1 heterocycles. The second-order valence-electron chi connectivity index (χ2n) is 10.1. The van der Waals surface area contributed by atoms with Crippen molar-refractivity contribution in [1.29, 1.82) is 0 Å². The number of para-hydroxylation sites is 1. The predicted molar refractivity (Wildman–Crippen MR) is 120 cm³/mol. The zero-order chi connectivity index (χ0) is 22.3. The number of carbonyl (C=O) groups is 2. The van der Waals surface area contributed by atoms with Crippen molar-refractivity contribution in [2.75, 3.05) is 12.4 Å². The van der Waals surface area contributed by atoms with Crippen LogP contribution >= 0.6 is 0 Å². The smallest absolute Gasteiger partial charge is 0.329 e. The molecule has 0 saturated heterocycles. The molecule has 2 bridgehead atoms. The number of methoxy groups -OCH3 is 1. The number of rotatable bonds is 5. The third kappa shape index (κ3) is 4.00. The van der Waals surface area contributed by atoms with Crippen LogP contribution in [-0.2, 0) is 19.1 Å². The first kappa shape index (κ1) is 21.6. The fraction of sp³-hybridized carbons (Fsp3) is 0.560. The summed E-state index contributed by atoms with van der Waals surface area (Å²) in [5.74, 6) is -0.353. The molecule has 1 aromatic heterocycles. The minimum Gasteiger partial charge on any atom is -0.469 e. The molecule has 31 heavy (non-hydrogen) atoms. The minimum absolute atomic E-state index is 0.110. The molecule has 5 rings (SSSR count). The summed E-state index contributed by atoms with van der Waals surface area (Å²) in [7, 11) is 1.46. The van der Waals surface area contributed by atoms with Gasteiger partial charge in [-0.2, -0.15) is 0 Å². The van der Waals surface area contributed by atoms with Gasteiger partial charge in [0.2, 0.25) is 0 Å². The van der Waals surface area contributed by atoms with E-state index in [0.717, 1.165) is 55.1 Å². The maximum absolute atomic E-state index is 13.5. The van der Waals surface area contributed by atoms with Gasteiger partial charge >= 0.3 is 11.9 Å². The molecule has 3 saturated carbocycles. The van der Waals surface area contributed by atoms with Crippen molar-refractivity contribution in [2.24, 2.45) is 10.8 Å². The van der Waals surface area contributed by atoms with Gasteiger partial charge in [0.15, 0.2) is 0 Å². The largest absolute Gasteiger partial charge is 0.469 e. The van der Waals surface area contributed by atoms with Crippen LogP contribution in [0.4, 0.5) is 5.69 Å². The fourth-order valence-electron chi connectivity index (χ4n) is 5.37. The zero-order valence-electron chi connectivity index (χ0n) is 18.9. The Labute approximate surface area is 183 Å². The Hall–Kier alpha value is -2.63. The number of carbonyl (C=O) groups excluding carboxylic acids is 2. The van der Waals surface area contributed by atoms with E-state index in [4.69, 9.17) is 9.47 Å². The minimum atomic E-state index is -0.580. The van der Waals surface area contributed by atoms with Gasteiger partial charge in [0, 0.05) is 17.0 Å². The average Bonchev–Trinajstić information content (AvgIpc) is 2.76. The molecule has 0 amide bonds. The SMILES string of the molecule is COC(=O)C12CCC([C@@H](Nc3cccc4cccnc34)C(=O)OC(C)(C)C)(CC1)CC2. The summed E-state index contributed by atoms with van der Waals surface area (Å²) in [6, 6.07) is 9.37. The average molecular weight is 425 g/mol. The lowest BCUT2D eigenvalue weighted by molar-refractivity contribution is -0.169. The van der Waals surface area contributed by atoms with Gasteiger partial charge in [0.05, 0.1) is 23.7 Å². The normalized spacial score (nSPS) is 26.3. The number of nitrogens with zero attached hydrogens (tertiary/aromatic N) is 1. The Kier molecular flexibility index (Phi) is 5.44. The van der Waals surface area contributed by atoms with E-state index < -0.39 is 17.1 Å². The molecule has 6 heteroatoms. The number of nitrogens with one attached hydrogen (secondary N) is 1. The molecule has 3 fully saturated rings. The van der Waals surface area contributed by atoms with Crippen LogP contribution in [0.1, 0.15) is 59.3 Å². The third-order valence-electron chi connectivity index (χ3n) is 7.11. The monoisotopic (exact) mass is 424 g/mol. The third-order valence-corrected chi connectivity index (χ3v) is 7.11. The van der Waals surface area contributed by atoms with Crippen molar-refractivity contribution in [3.8, 4) is 0 Å². The quantitative estimate of drug-likeness (QED) is 0.690. The summed E-state index contributed by atoms with van der Waals surface area (Å²) in [5.41, 5.74) is 0.443. The number of fused-ring (bicyclic) bond motifs is 4. The standard InChI is InChI=1S/C25H32N2O4/c1-23(2,3)31-21(28)20(27-18-9-5-7-17-8-6-16-26-19(17)18)24-10-13-25(14-11-24,15-12-24)22(29)30-4/h5-9,16,20,27H,10-15H2,1-4H3/t20-,24?,25?/m0/s1. The summed E-state index contributed by atoms with van der Waals surface area (Å²) in [4.78, 5) is 30.4. The molecule has 3 aliphatic rings. The van der Waals surface area contributed by atoms with Crippen molar-refractivity contribution >= 4 is 28.5 Å². The van der Waals surface area contributed by atoms with Gasteiger partial charge in [-0.3, -0.25) is 9.78 Å². The van der Waals surface area contributed by atoms with Gasteiger partial charge in [0.1, 0.15) is 11.6 Å². The summed E-state index contributed by atoms with van der Waals surface area (Å²) < 4.78 is 11.0. The van der Waals surface area contributed by atoms with Crippen molar-refractivity contribution in [3.63, 3.8) is 0 Å². The Bertz CT molecular complexity index is 965. The summed E-state index contributed by atoms with van der Waals surface area (Å²) in [6.45, 7) is 5.68. The van der Waals surface area contributed by atoms with E-state index in [2.05, 4.69) is 10.3 Å². The predicted octanol–water partition coefficient (Wildman–Crippen LogP) is 4.87. The number of hydrogen-bond acceptors (Lipinski definition) is 6. The van der Waals surface area contributed by atoms with Gasteiger partial charge in [0.25, 0.3) is 0 Å². The second-order valence-corrected chi connectivity index (χ2v) is 10.1. The van der Waals surface area contributed by atoms with E-state index in [1.165, 1.54) is 7.11 Å². The molecule has 6 nitrogen and oxygen atoms in total. The van der Waals surface area contributed by atoms with Crippen molar-refractivity contribution in [2.45, 2.75) is 70.9 Å².